The summed E-state index contributed by atoms with van der Waals surface area (Å²) in [5, 5.41) is 2.86. The number of nitrogens with zero attached hydrogens (tertiary/aromatic N) is 6. The van der Waals surface area contributed by atoms with Crippen molar-refractivity contribution >= 4 is 57.8 Å². The minimum Gasteiger partial charge on any atom is -0.490 e. The zero-order valence-electron chi connectivity index (χ0n) is 31.1. The van der Waals surface area contributed by atoms with Crippen molar-refractivity contribution in [2.75, 3.05) is 37.4 Å². The number of benzene rings is 2. The minimum absolute atomic E-state index is 0.0103. The number of hydrogen-bond donors (Lipinski definition) is 4. The van der Waals surface area contributed by atoms with Crippen molar-refractivity contribution in [3.05, 3.63) is 64.9 Å². The van der Waals surface area contributed by atoms with Gasteiger partial charge in [0.2, 0.25) is 29.5 Å². The van der Waals surface area contributed by atoms with Crippen molar-refractivity contribution in [1.29, 1.82) is 0 Å². The normalized spacial score (nSPS) is 16.1. The summed E-state index contributed by atoms with van der Waals surface area (Å²) in [6.07, 6.45) is 3.65. The second-order valence-electron chi connectivity index (χ2n) is 14.7. The van der Waals surface area contributed by atoms with Gasteiger partial charge in [-0.3, -0.25) is 19.7 Å². The van der Waals surface area contributed by atoms with Crippen LogP contribution in [-0.2, 0) is 24.2 Å². The largest absolute Gasteiger partial charge is 0.490 e. The Bertz CT molecular complexity index is 2410. The summed E-state index contributed by atoms with van der Waals surface area (Å²) in [6.45, 7) is 9.65. The smallest absolute Gasteiger partial charge is 0.410 e. The first-order valence-electron chi connectivity index (χ1n) is 17.6. The Labute approximate surface area is 314 Å². The van der Waals surface area contributed by atoms with Crippen molar-refractivity contribution in [3.63, 3.8) is 0 Å². The van der Waals surface area contributed by atoms with E-state index in [0.29, 0.717) is 45.8 Å². The fraction of sp³-hybridized carbons (Fsp3) is 0.378. The molecule has 18 nitrogen and oxygen atoms in total. The monoisotopic (exact) mass is 754 g/mol. The molecule has 288 valence electrons. The highest BCUT2D eigenvalue weighted by Crippen LogP contribution is 2.38. The average Bonchev–Trinajstić information content (AvgIpc) is 3.75. The predicted molar refractivity (Wildman–Crippen MR) is 200 cm³/mol. The minimum atomic E-state index is -0.821. The van der Waals surface area contributed by atoms with Gasteiger partial charge in [-0.2, -0.15) is 0 Å². The Morgan fingerprint density at radius 1 is 0.873 bits per heavy atom. The van der Waals surface area contributed by atoms with Crippen LogP contribution in [0.15, 0.2) is 40.8 Å². The molecule has 5 aromatic rings. The van der Waals surface area contributed by atoms with Crippen molar-refractivity contribution < 1.29 is 37.8 Å². The number of likely N-dealkylation sites (tertiary alicyclic amines) is 1. The molecular weight excluding hydrogens is 712 g/mol. The van der Waals surface area contributed by atoms with Crippen LogP contribution in [0.3, 0.4) is 0 Å². The zero-order chi connectivity index (χ0) is 39.4. The summed E-state index contributed by atoms with van der Waals surface area (Å²) in [7, 11) is 0. The highest BCUT2D eigenvalue weighted by Gasteiger charge is 2.48. The molecule has 3 aromatic heterocycles. The number of hydrogen-bond acceptors (Lipinski definition) is 12. The first-order valence-corrected chi connectivity index (χ1v) is 17.6. The Morgan fingerprint density at radius 3 is 2.00 bits per heavy atom. The van der Waals surface area contributed by atoms with Gasteiger partial charge in [0.1, 0.15) is 41.3 Å². The zero-order valence-corrected chi connectivity index (χ0v) is 31.1. The molecule has 1 saturated heterocycles. The molecular formula is C37H42N10O8. The number of aromatic nitrogens is 5. The number of amides is 4. The van der Waals surface area contributed by atoms with Crippen molar-refractivity contribution in [2.45, 2.75) is 59.7 Å². The van der Waals surface area contributed by atoms with Crippen molar-refractivity contribution in [1.82, 2.24) is 29.0 Å². The van der Waals surface area contributed by atoms with E-state index in [4.69, 9.17) is 40.8 Å². The molecule has 7 N–H and O–H groups in total. The summed E-state index contributed by atoms with van der Waals surface area (Å²) >= 11 is 0. The fourth-order valence-corrected chi connectivity index (χ4v) is 6.75. The number of nitrogens with one attached hydrogen (secondary N) is 1. The molecule has 2 aliphatic heterocycles. The van der Waals surface area contributed by atoms with E-state index >= 15 is 0 Å². The third kappa shape index (κ3) is 7.09. The number of nitrogen functional groups attached to an aromatic ring is 1. The van der Waals surface area contributed by atoms with Gasteiger partial charge in [0, 0.05) is 44.2 Å². The van der Waals surface area contributed by atoms with Gasteiger partial charge in [0.15, 0.2) is 5.89 Å². The molecule has 7 rings (SSSR count). The van der Waals surface area contributed by atoms with E-state index in [2.05, 4.69) is 15.3 Å². The van der Waals surface area contributed by atoms with Gasteiger partial charge < -0.3 is 49.9 Å². The number of oxazole rings is 1. The maximum atomic E-state index is 13.6. The van der Waals surface area contributed by atoms with E-state index in [1.54, 1.807) is 42.9 Å². The summed E-state index contributed by atoms with van der Waals surface area (Å²) in [6, 6.07) is 6.12. The Hall–Kier alpha value is -6.59. The molecule has 2 aromatic carbocycles. The number of carbonyl (C=O) groups excluding carboxylic acids is 4. The topological polar surface area (TPSA) is 251 Å². The van der Waals surface area contributed by atoms with E-state index in [1.807, 2.05) is 19.1 Å². The maximum Gasteiger partial charge on any atom is 0.410 e. The summed E-state index contributed by atoms with van der Waals surface area (Å²) < 4.78 is 27.8. The molecule has 0 saturated carbocycles. The van der Waals surface area contributed by atoms with Gasteiger partial charge in [0.05, 0.1) is 22.1 Å². The molecule has 0 atom stereocenters. The number of aryl methyl sites for hydroxylation is 2. The van der Waals surface area contributed by atoms with E-state index in [-0.39, 0.29) is 73.9 Å². The third-order valence-corrected chi connectivity index (χ3v) is 9.30. The van der Waals surface area contributed by atoms with Gasteiger partial charge in [0.25, 0.3) is 5.91 Å². The van der Waals surface area contributed by atoms with Crippen LogP contribution in [0, 0.1) is 12.3 Å². The fourth-order valence-electron chi connectivity index (χ4n) is 6.75. The van der Waals surface area contributed by atoms with Crippen LogP contribution in [0.4, 0.5) is 16.7 Å². The van der Waals surface area contributed by atoms with Crippen LogP contribution in [-0.4, -0.2) is 84.7 Å². The Balaban J connectivity index is 1.35. The van der Waals surface area contributed by atoms with E-state index in [0.717, 1.165) is 0 Å². The van der Waals surface area contributed by atoms with E-state index < -0.39 is 34.8 Å². The molecule has 55 heavy (non-hydrogen) atoms. The number of rotatable bonds is 5. The lowest BCUT2D eigenvalue weighted by molar-refractivity contribution is -0.0692. The average molecular weight is 755 g/mol. The van der Waals surface area contributed by atoms with Gasteiger partial charge in [-0.05, 0) is 51.5 Å². The van der Waals surface area contributed by atoms with E-state index in [9.17, 15) is 19.2 Å². The molecule has 0 radical (unpaired) electrons. The lowest BCUT2D eigenvalue weighted by Gasteiger charge is -2.49. The van der Waals surface area contributed by atoms with Crippen LogP contribution >= 0.6 is 0 Å². The van der Waals surface area contributed by atoms with Crippen LogP contribution in [0.25, 0.3) is 22.1 Å². The van der Waals surface area contributed by atoms with Gasteiger partial charge in [-0.25, -0.2) is 19.7 Å². The second kappa shape index (κ2) is 13.7. The predicted octanol–water partition coefficient (Wildman–Crippen LogP) is 3.54. The molecule has 5 heterocycles. The molecule has 0 aliphatic carbocycles. The summed E-state index contributed by atoms with van der Waals surface area (Å²) in [5.41, 5.74) is 18.8. The molecule has 2 aliphatic rings. The SMILES string of the molecule is CCc1nc(C)oc1C(=O)Nc1nc2cc(C(N)=O)cc3c2n1C/C=C/Cn1c(N)nc2cc(C(N)=O)cc(c21)OCC1(CO3)CN(C(=O)OC(C)(C)C)C1. The number of anilines is 2. The van der Waals surface area contributed by atoms with Crippen LogP contribution in [0.2, 0.25) is 0 Å². The molecule has 1 fully saturated rings. The number of imidazole rings is 2. The van der Waals surface area contributed by atoms with Gasteiger partial charge >= 0.3 is 6.09 Å². The maximum absolute atomic E-state index is 13.6. The van der Waals surface area contributed by atoms with Gasteiger partial charge in [-0.1, -0.05) is 19.1 Å². The highest BCUT2D eigenvalue weighted by atomic mass is 16.6. The standard InChI is InChI=1S/C37H42N10O8/c1-6-22-29(54-19(2)41-22)32(50)44-34-43-24-12-21(31(39)49)14-26-28(24)47(34)10-8-7-9-46-27-23(42-33(46)40)11-20(30(38)48)13-25(27)52-17-37(18-53-26)15-45(16-37)35(51)55-36(3,4)5/h7-8,11-14H,6,9-10,15-18H2,1-5H3,(H2,38,48)(H2,39,49)(H2,40,42)(H,43,44,50)/b8-7+. The number of carbonyl (C=O) groups is 4. The molecule has 1 spiro atoms. The van der Waals surface area contributed by atoms with Gasteiger partial charge in [-0.15, -0.1) is 0 Å². The molecule has 18 heteroatoms. The second-order valence-corrected chi connectivity index (χ2v) is 14.7. The lowest BCUT2D eigenvalue weighted by atomic mass is 9.81. The first-order chi connectivity index (χ1) is 26.0. The number of allylic oxidation sites excluding steroid dienone is 2. The van der Waals surface area contributed by atoms with Crippen LogP contribution < -0.4 is 32.0 Å². The summed E-state index contributed by atoms with van der Waals surface area (Å²) in [4.78, 5) is 66.7. The molecule has 4 amide bonds. The van der Waals surface area contributed by atoms with Crippen molar-refractivity contribution in [2.24, 2.45) is 16.9 Å². The molecule has 0 bridgehead atoms. The quantitative estimate of drug-likeness (QED) is 0.188. The van der Waals surface area contributed by atoms with E-state index in [1.165, 1.54) is 23.1 Å². The van der Waals surface area contributed by atoms with Crippen LogP contribution in [0.1, 0.15) is 70.6 Å². The van der Waals surface area contributed by atoms with Crippen molar-refractivity contribution in [3.8, 4) is 11.5 Å². The number of ether oxygens (including phenoxy) is 3. The highest BCUT2D eigenvalue weighted by molar-refractivity contribution is 6.04. The Kier molecular flexibility index (Phi) is 9.14. The third-order valence-electron chi connectivity index (χ3n) is 9.30. The first kappa shape index (κ1) is 36.8. The molecule has 0 unspecified atom stereocenters. The lowest BCUT2D eigenvalue weighted by Crippen LogP contribution is -2.64. The number of nitrogens with two attached hydrogens (primary N) is 3. The number of primary amides is 2. The Morgan fingerprint density at radius 2 is 1.44 bits per heavy atom. The van der Waals surface area contributed by atoms with Crippen LogP contribution in [0.5, 0.6) is 11.5 Å². The summed E-state index contributed by atoms with van der Waals surface area (Å²) in [5.74, 6) is -0.682.